The molecule has 0 saturated heterocycles. The molecular formula is C19H39NO. The number of unbranched alkanes of at least 4 members (excludes halogenated alkanes) is 2. The molecule has 2 nitrogen and oxygen atoms in total. The molecule has 0 unspecified atom stereocenters. The first kappa shape index (κ1) is 19.0. The molecule has 0 bridgehead atoms. The lowest BCUT2D eigenvalue weighted by Gasteiger charge is -2.19. The van der Waals surface area contributed by atoms with Crippen molar-refractivity contribution < 1.29 is 4.74 Å². The molecule has 0 aliphatic heterocycles. The highest BCUT2D eigenvalue weighted by atomic mass is 16.5. The van der Waals surface area contributed by atoms with Crippen molar-refractivity contribution in [3.05, 3.63) is 0 Å². The molecular weight excluding hydrogens is 258 g/mol. The SMILES string of the molecule is CN(C)CCCCCOC1CCCCCCCCCCC1. The van der Waals surface area contributed by atoms with Crippen LogP contribution in [0.1, 0.15) is 89.9 Å². The maximum absolute atomic E-state index is 6.18. The molecule has 0 aromatic heterocycles. The lowest BCUT2D eigenvalue weighted by Crippen LogP contribution is -2.15. The summed E-state index contributed by atoms with van der Waals surface area (Å²) in [5.74, 6) is 0. The Morgan fingerprint density at radius 1 is 0.714 bits per heavy atom. The van der Waals surface area contributed by atoms with Crippen molar-refractivity contribution in [1.82, 2.24) is 4.90 Å². The molecule has 1 aliphatic carbocycles. The summed E-state index contributed by atoms with van der Waals surface area (Å²) in [4.78, 5) is 2.27. The van der Waals surface area contributed by atoms with E-state index in [4.69, 9.17) is 4.74 Å². The highest BCUT2D eigenvalue weighted by Crippen LogP contribution is 2.19. The summed E-state index contributed by atoms with van der Waals surface area (Å²) in [6.45, 7) is 2.20. The molecule has 0 radical (unpaired) electrons. The lowest BCUT2D eigenvalue weighted by atomic mass is 9.99. The Morgan fingerprint density at radius 3 is 1.76 bits per heavy atom. The topological polar surface area (TPSA) is 12.5 Å². The maximum Gasteiger partial charge on any atom is 0.0575 e. The van der Waals surface area contributed by atoms with Crippen LogP contribution in [0.4, 0.5) is 0 Å². The number of hydrogen-bond donors (Lipinski definition) is 0. The van der Waals surface area contributed by atoms with E-state index in [1.807, 2.05) is 0 Å². The van der Waals surface area contributed by atoms with Crippen molar-refractivity contribution in [3.8, 4) is 0 Å². The van der Waals surface area contributed by atoms with Gasteiger partial charge in [-0.15, -0.1) is 0 Å². The minimum atomic E-state index is 0.554. The smallest absolute Gasteiger partial charge is 0.0575 e. The first-order chi connectivity index (χ1) is 10.3. The van der Waals surface area contributed by atoms with E-state index in [0.29, 0.717) is 6.10 Å². The van der Waals surface area contributed by atoms with Crippen LogP contribution in [0, 0.1) is 0 Å². The monoisotopic (exact) mass is 297 g/mol. The Kier molecular flexibility index (Phi) is 12.3. The van der Waals surface area contributed by atoms with E-state index in [1.54, 1.807) is 0 Å². The highest BCUT2D eigenvalue weighted by Gasteiger charge is 2.09. The van der Waals surface area contributed by atoms with Crippen molar-refractivity contribution in [2.45, 2.75) is 96.0 Å². The first-order valence-corrected chi connectivity index (χ1v) is 9.55. The largest absolute Gasteiger partial charge is 0.378 e. The van der Waals surface area contributed by atoms with E-state index in [-0.39, 0.29) is 0 Å². The molecule has 0 aromatic rings. The average Bonchev–Trinajstić information content (AvgIpc) is 2.44. The Labute approximate surface area is 133 Å². The Hall–Kier alpha value is -0.0800. The number of ether oxygens (including phenoxy) is 1. The third-order valence-electron chi connectivity index (χ3n) is 4.66. The van der Waals surface area contributed by atoms with Gasteiger partial charge in [0.1, 0.15) is 0 Å². The molecule has 0 amide bonds. The quantitative estimate of drug-likeness (QED) is 0.583. The molecule has 1 rings (SSSR count). The average molecular weight is 298 g/mol. The number of nitrogens with zero attached hydrogens (tertiary/aromatic N) is 1. The minimum Gasteiger partial charge on any atom is -0.378 e. The second kappa shape index (κ2) is 13.6. The molecule has 1 saturated carbocycles. The predicted molar refractivity (Wildman–Crippen MR) is 92.9 cm³/mol. The van der Waals surface area contributed by atoms with Gasteiger partial charge in [0.25, 0.3) is 0 Å². The Balaban J connectivity index is 2.07. The van der Waals surface area contributed by atoms with E-state index < -0.39 is 0 Å². The first-order valence-electron chi connectivity index (χ1n) is 9.55. The lowest BCUT2D eigenvalue weighted by molar-refractivity contribution is 0.0354. The second-order valence-corrected chi connectivity index (χ2v) is 7.12. The predicted octanol–water partition coefficient (Wildman–Crippen LogP) is 5.41. The van der Waals surface area contributed by atoms with E-state index in [9.17, 15) is 0 Å². The summed E-state index contributed by atoms with van der Waals surface area (Å²) in [5, 5.41) is 0. The molecule has 1 fully saturated rings. The third-order valence-corrected chi connectivity index (χ3v) is 4.66. The van der Waals surface area contributed by atoms with Crippen LogP contribution in [0.15, 0.2) is 0 Å². The molecule has 2 heteroatoms. The summed E-state index contributed by atoms with van der Waals surface area (Å²) in [6.07, 6.45) is 19.9. The van der Waals surface area contributed by atoms with Crippen molar-refractivity contribution in [1.29, 1.82) is 0 Å². The van der Waals surface area contributed by atoms with Crippen LogP contribution in [-0.4, -0.2) is 38.3 Å². The van der Waals surface area contributed by atoms with E-state index in [0.717, 1.165) is 6.61 Å². The number of hydrogen-bond acceptors (Lipinski definition) is 2. The summed E-state index contributed by atoms with van der Waals surface area (Å²) in [7, 11) is 4.31. The summed E-state index contributed by atoms with van der Waals surface area (Å²) >= 11 is 0. The maximum atomic E-state index is 6.18. The Morgan fingerprint density at radius 2 is 1.24 bits per heavy atom. The van der Waals surface area contributed by atoms with E-state index in [1.165, 1.54) is 96.4 Å². The molecule has 21 heavy (non-hydrogen) atoms. The van der Waals surface area contributed by atoms with Crippen LogP contribution in [0.5, 0.6) is 0 Å². The molecule has 0 aromatic carbocycles. The van der Waals surface area contributed by atoms with Gasteiger partial charge in [-0.25, -0.2) is 0 Å². The second-order valence-electron chi connectivity index (χ2n) is 7.12. The normalized spacial score (nSPS) is 20.1. The Bertz CT molecular complexity index is 206. The van der Waals surface area contributed by atoms with Crippen molar-refractivity contribution in [3.63, 3.8) is 0 Å². The third kappa shape index (κ3) is 12.2. The van der Waals surface area contributed by atoms with Gasteiger partial charge in [0.15, 0.2) is 0 Å². The fourth-order valence-electron chi connectivity index (χ4n) is 3.25. The van der Waals surface area contributed by atoms with Gasteiger partial charge in [0, 0.05) is 6.61 Å². The van der Waals surface area contributed by atoms with Crippen molar-refractivity contribution in [2.75, 3.05) is 27.2 Å². The molecule has 0 N–H and O–H groups in total. The van der Waals surface area contributed by atoms with Gasteiger partial charge in [-0.2, -0.15) is 0 Å². The van der Waals surface area contributed by atoms with Gasteiger partial charge in [-0.1, -0.05) is 57.8 Å². The zero-order chi connectivity index (χ0) is 15.2. The van der Waals surface area contributed by atoms with Crippen LogP contribution >= 0.6 is 0 Å². The zero-order valence-electron chi connectivity index (χ0n) is 14.7. The van der Waals surface area contributed by atoms with Gasteiger partial charge >= 0.3 is 0 Å². The molecule has 1 aliphatic rings. The van der Waals surface area contributed by atoms with Crippen molar-refractivity contribution in [2.24, 2.45) is 0 Å². The van der Waals surface area contributed by atoms with Crippen molar-refractivity contribution >= 4 is 0 Å². The van der Waals surface area contributed by atoms with Gasteiger partial charge in [-0.05, 0) is 52.7 Å². The van der Waals surface area contributed by atoms with Crippen LogP contribution in [0.2, 0.25) is 0 Å². The van der Waals surface area contributed by atoms with Gasteiger partial charge in [-0.3, -0.25) is 0 Å². The number of rotatable bonds is 7. The fourth-order valence-corrected chi connectivity index (χ4v) is 3.25. The van der Waals surface area contributed by atoms with E-state index in [2.05, 4.69) is 19.0 Å². The summed E-state index contributed by atoms with van der Waals surface area (Å²) in [5.41, 5.74) is 0. The molecule has 0 heterocycles. The summed E-state index contributed by atoms with van der Waals surface area (Å²) < 4.78 is 6.18. The van der Waals surface area contributed by atoms with Gasteiger partial charge in [0.05, 0.1) is 6.10 Å². The van der Waals surface area contributed by atoms with Crippen LogP contribution < -0.4 is 0 Å². The van der Waals surface area contributed by atoms with Crippen LogP contribution in [-0.2, 0) is 4.74 Å². The molecule has 126 valence electrons. The van der Waals surface area contributed by atoms with Gasteiger partial charge in [0.2, 0.25) is 0 Å². The minimum absolute atomic E-state index is 0.554. The standard InChI is InChI=1S/C19H39NO/c1-20(2)17-13-10-14-18-21-19-15-11-8-6-4-3-5-7-9-12-16-19/h19H,3-18H2,1-2H3. The fraction of sp³-hybridized carbons (Fsp3) is 1.00. The summed E-state index contributed by atoms with van der Waals surface area (Å²) in [6, 6.07) is 0. The molecule has 0 spiro atoms. The van der Waals surface area contributed by atoms with Crippen LogP contribution in [0.3, 0.4) is 0 Å². The zero-order valence-corrected chi connectivity index (χ0v) is 14.7. The van der Waals surface area contributed by atoms with Crippen LogP contribution in [0.25, 0.3) is 0 Å². The van der Waals surface area contributed by atoms with Gasteiger partial charge < -0.3 is 9.64 Å². The molecule has 0 atom stereocenters. The van der Waals surface area contributed by atoms with E-state index >= 15 is 0 Å². The highest BCUT2D eigenvalue weighted by molar-refractivity contribution is 4.61.